The average Bonchev–Trinajstić information content (AvgIpc) is 3.32. The third kappa shape index (κ3) is 8.28. The van der Waals surface area contributed by atoms with Gasteiger partial charge in [-0.15, -0.1) is 5.10 Å². The first-order chi connectivity index (χ1) is 19.3. The number of methoxy groups -OCH3 is 1. The van der Waals surface area contributed by atoms with Crippen LogP contribution >= 0.6 is 0 Å². The van der Waals surface area contributed by atoms with Crippen LogP contribution in [0, 0.1) is 11.3 Å². The molecule has 0 radical (unpaired) electrons. The SMILES string of the molecule is COCCCCc1c(C(=O)N(CC(C)C)[C@@H]2CN(C(=O)OC(C)(C)C)C[C@](C)(C(=O)O)C2)nnn1-c1ccccc1. The summed E-state index contributed by atoms with van der Waals surface area (Å²) in [6.45, 7) is 12.0. The Bertz CT molecular complexity index is 1190. The molecule has 1 aliphatic rings. The number of benzene rings is 1. The molecule has 1 aromatic carbocycles. The maximum absolute atomic E-state index is 14.3. The Balaban J connectivity index is 2.02. The molecule has 1 aliphatic heterocycles. The molecule has 3 rings (SSSR count). The van der Waals surface area contributed by atoms with Gasteiger partial charge in [0, 0.05) is 33.4 Å². The van der Waals surface area contributed by atoms with Gasteiger partial charge in [0.1, 0.15) is 5.60 Å². The summed E-state index contributed by atoms with van der Waals surface area (Å²) in [4.78, 5) is 43.0. The number of unbranched alkanes of at least 4 members (excludes halogenated alkanes) is 1. The van der Waals surface area contributed by atoms with Gasteiger partial charge in [0.15, 0.2) is 5.69 Å². The van der Waals surface area contributed by atoms with E-state index in [1.165, 1.54) is 4.90 Å². The molecular weight excluding hydrogens is 526 g/mol. The smallest absolute Gasteiger partial charge is 0.410 e. The summed E-state index contributed by atoms with van der Waals surface area (Å²) < 4.78 is 12.5. The van der Waals surface area contributed by atoms with Crippen LogP contribution in [-0.2, 0) is 20.7 Å². The first-order valence-corrected chi connectivity index (χ1v) is 14.3. The number of rotatable bonds is 11. The topological polar surface area (TPSA) is 127 Å². The van der Waals surface area contributed by atoms with Crippen molar-refractivity contribution >= 4 is 18.0 Å². The van der Waals surface area contributed by atoms with Crippen molar-refractivity contribution in [2.45, 2.75) is 78.9 Å². The molecule has 2 heterocycles. The van der Waals surface area contributed by atoms with Crippen LogP contribution in [0.15, 0.2) is 30.3 Å². The third-order valence-electron chi connectivity index (χ3n) is 7.07. The number of hydrogen-bond donors (Lipinski definition) is 1. The normalized spacial score (nSPS) is 19.3. The summed E-state index contributed by atoms with van der Waals surface area (Å²) in [7, 11) is 1.66. The van der Waals surface area contributed by atoms with E-state index in [0.29, 0.717) is 25.3 Å². The lowest BCUT2D eigenvalue weighted by molar-refractivity contribution is -0.152. The lowest BCUT2D eigenvalue weighted by Gasteiger charge is -2.46. The van der Waals surface area contributed by atoms with Gasteiger partial charge in [-0.05, 0) is 71.4 Å². The highest BCUT2D eigenvalue weighted by atomic mass is 16.6. The summed E-state index contributed by atoms with van der Waals surface area (Å²) in [5, 5.41) is 18.9. The van der Waals surface area contributed by atoms with Crippen LogP contribution in [-0.4, -0.2) is 92.9 Å². The van der Waals surface area contributed by atoms with E-state index < -0.39 is 29.1 Å². The Hall–Kier alpha value is -3.47. The average molecular weight is 572 g/mol. The van der Waals surface area contributed by atoms with Gasteiger partial charge in [-0.3, -0.25) is 9.59 Å². The molecule has 0 aliphatic carbocycles. The number of aromatic nitrogens is 3. The molecule has 41 heavy (non-hydrogen) atoms. The zero-order valence-corrected chi connectivity index (χ0v) is 25.4. The Kier molecular flexibility index (Phi) is 10.5. The minimum atomic E-state index is -1.26. The maximum atomic E-state index is 14.3. The fourth-order valence-electron chi connectivity index (χ4n) is 5.15. The van der Waals surface area contributed by atoms with Gasteiger partial charge in [0.2, 0.25) is 0 Å². The fraction of sp³-hybridized carbons (Fsp3) is 0.633. The molecule has 0 unspecified atom stereocenters. The highest BCUT2D eigenvalue weighted by Gasteiger charge is 2.47. The predicted octanol–water partition coefficient (Wildman–Crippen LogP) is 4.43. The summed E-state index contributed by atoms with van der Waals surface area (Å²) >= 11 is 0. The highest BCUT2D eigenvalue weighted by Crippen LogP contribution is 2.34. The van der Waals surface area contributed by atoms with Crippen LogP contribution in [0.3, 0.4) is 0 Å². The molecule has 1 fully saturated rings. The Morgan fingerprint density at radius 1 is 1.17 bits per heavy atom. The number of carbonyl (C=O) groups is 3. The van der Waals surface area contributed by atoms with Gasteiger partial charge >= 0.3 is 12.1 Å². The van der Waals surface area contributed by atoms with Gasteiger partial charge in [-0.1, -0.05) is 37.3 Å². The van der Waals surface area contributed by atoms with E-state index in [-0.39, 0.29) is 37.0 Å². The monoisotopic (exact) mass is 571 g/mol. The van der Waals surface area contributed by atoms with Crippen molar-refractivity contribution in [3.63, 3.8) is 0 Å². The van der Waals surface area contributed by atoms with Crippen LogP contribution in [0.4, 0.5) is 4.79 Å². The molecule has 226 valence electrons. The first-order valence-electron chi connectivity index (χ1n) is 14.3. The second-order valence-electron chi connectivity index (χ2n) is 12.5. The van der Waals surface area contributed by atoms with Gasteiger partial charge < -0.3 is 24.4 Å². The summed E-state index contributed by atoms with van der Waals surface area (Å²) in [5.74, 6) is -1.27. The van der Waals surface area contributed by atoms with Crippen molar-refractivity contribution in [3.05, 3.63) is 41.7 Å². The van der Waals surface area contributed by atoms with E-state index >= 15 is 0 Å². The van der Waals surface area contributed by atoms with E-state index in [4.69, 9.17) is 9.47 Å². The quantitative estimate of drug-likeness (QED) is 0.393. The van der Waals surface area contributed by atoms with Crippen LogP contribution in [0.25, 0.3) is 5.69 Å². The van der Waals surface area contributed by atoms with E-state index in [2.05, 4.69) is 10.3 Å². The number of ether oxygens (including phenoxy) is 2. The largest absolute Gasteiger partial charge is 0.481 e. The van der Waals surface area contributed by atoms with E-state index in [1.54, 1.807) is 44.4 Å². The van der Waals surface area contributed by atoms with Gasteiger partial charge in [0.05, 0.1) is 22.8 Å². The molecule has 2 aromatic rings. The number of amides is 2. The number of carboxylic acid groups (broad SMARTS) is 1. The standard InChI is InChI=1S/C30H45N5O6/c1-21(2)18-34(23-17-30(6,27(37)38)20-33(19-23)28(39)41-29(3,4)5)26(36)25-24(15-11-12-16-40-7)35(32-31-25)22-13-9-8-10-14-22/h8-10,13-14,21,23H,11-12,15-20H2,1-7H3,(H,37,38)/t23-,30+/m0/s1. The fourth-order valence-corrected chi connectivity index (χ4v) is 5.15. The molecule has 1 N–H and O–H groups in total. The molecule has 11 heteroatoms. The van der Waals surface area contributed by atoms with Crippen molar-refractivity contribution in [2.24, 2.45) is 11.3 Å². The number of piperidine rings is 1. The molecule has 0 bridgehead atoms. The van der Waals surface area contributed by atoms with E-state index in [0.717, 1.165) is 18.5 Å². The molecule has 0 saturated carbocycles. The molecule has 2 atom stereocenters. The summed E-state index contributed by atoms with van der Waals surface area (Å²) in [6.07, 6.45) is 1.73. The van der Waals surface area contributed by atoms with Crippen molar-refractivity contribution in [2.75, 3.05) is 33.4 Å². The molecular formula is C30H45N5O6. The highest BCUT2D eigenvalue weighted by molar-refractivity contribution is 5.94. The number of nitrogens with zero attached hydrogens (tertiary/aromatic N) is 5. The van der Waals surface area contributed by atoms with Gasteiger partial charge in [0.25, 0.3) is 5.91 Å². The Morgan fingerprint density at radius 2 is 1.85 bits per heavy atom. The lowest BCUT2D eigenvalue weighted by atomic mass is 9.79. The Morgan fingerprint density at radius 3 is 2.44 bits per heavy atom. The minimum Gasteiger partial charge on any atom is -0.481 e. The number of aliphatic carboxylic acids is 1. The zero-order chi connectivity index (χ0) is 30.4. The number of para-hydroxylation sites is 1. The molecule has 11 nitrogen and oxygen atoms in total. The molecule has 1 aromatic heterocycles. The van der Waals surface area contributed by atoms with Gasteiger partial charge in [-0.25, -0.2) is 9.48 Å². The Labute approximate surface area is 242 Å². The number of carbonyl (C=O) groups excluding carboxylic acids is 2. The predicted molar refractivity (Wildman–Crippen MR) is 154 cm³/mol. The number of hydrogen-bond acceptors (Lipinski definition) is 7. The molecule has 1 saturated heterocycles. The molecule has 0 spiro atoms. The van der Waals surface area contributed by atoms with Crippen LogP contribution in [0.2, 0.25) is 0 Å². The van der Waals surface area contributed by atoms with E-state index in [1.807, 2.05) is 44.2 Å². The minimum absolute atomic E-state index is 0.00754. The maximum Gasteiger partial charge on any atom is 0.410 e. The first kappa shape index (κ1) is 32.0. The van der Waals surface area contributed by atoms with Crippen molar-refractivity contribution in [1.29, 1.82) is 0 Å². The second-order valence-corrected chi connectivity index (χ2v) is 12.5. The number of likely N-dealkylation sites (tertiary alicyclic amines) is 1. The summed E-state index contributed by atoms with van der Waals surface area (Å²) in [5.41, 5.74) is -0.293. The zero-order valence-electron chi connectivity index (χ0n) is 25.4. The van der Waals surface area contributed by atoms with E-state index in [9.17, 15) is 19.5 Å². The van der Waals surface area contributed by atoms with Crippen molar-refractivity contribution in [1.82, 2.24) is 24.8 Å². The van der Waals surface area contributed by atoms with Crippen LogP contribution in [0.5, 0.6) is 0 Å². The van der Waals surface area contributed by atoms with Crippen LogP contribution < -0.4 is 0 Å². The van der Waals surface area contributed by atoms with Crippen LogP contribution in [0.1, 0.15) is 77.0 Å². The summed E-state index contributed by atoms with van der Waals surface area (Å²) in [6, 6.07) is 8.97. The second kappa shape index (κ2) is 13.5. The third-order valence-corrected chi connectivity index (χ3v) is 7.07. The molecule has 2 amide bonds. The van der Waals surface area contributed by atoms with Crippen molar-refractivity contribution in [3.8, 4) is 5.69 Å². The lowest BCUT2D eigenvalue weighted by Crippen LogP contribution is -2.60. The van der Waals surface area contributed by atoms with Crippen molar-refractivity contribution < 1.29 is 29.0 Å². The van der Waals surface area contributed by atoms with Gasteiger partial charge in [-0.2, -0.15) is 0 Å². The number of carboxylic acids is 1.